The molecule has 5 heteroatoms. The van der Waals surface area contributed by atoms with Gasteiger partial charge in [-0.3, -0.25) is 4.79 Å². The number of nitrogens with one attached hydrogen (secondary N) is 1. The van der Waals surface area contributed by atoms with E-state index < -0.39 is 0 Å². The number of benzene rings is 1. The lowest BCUT2D eigenvalue weighted by molar-refractivity contribution is -0.124. The van der Waals surface area contributed by atoms with E-state index in [-0.39, 0.29) is 18.1 Å². The van der Waals surface area contributed by atoms with Gasteiger partial charge in [0, 0.05) is 11.6 Å². The highest BCUT2D eigenvalue weighted by Crippen LogP contribution is 2.28. The van der Waals surface area contributed by atoms with Gasteiger partial charge < -0.3 is 15.8 Å². The van der Waals surface area contributed by atoms with Gasteiger partial charge in [-0.15, -0.1) is 0 Å². The molecule has 19 heavy (non-hydrogen) atoms. The molecule has 1 fully saturated rings. The Morgan fingerprint density at radius 1 is 1.42 bits per heavy atom. The fourth-order valence-corrected chi connectivity index (χ4v) is 2.65. The van der Waals surface area contributed by atoms with Crippen LogP contribution in [0.2, 0.25) is 5.02 Å². The number of nitrogens with two attached hydrogens (primary N) is 1. The van der Waals surface area contributed by atoms with Gasteiger partial charge in [-0.2, -0.15) is 0 Å². The summed E-state index contributed by atoms with van der Waals surface area (Å²) in [5, 5.41) is 3.59. The highest BCUT2D eigenvalue weighted by atomic mass is 35.5. The highest BCUT2D eigenvalue weighted by molar-refractivity contribution is 6.30. The van der Waals surface area contributed by atoms with Crippen molar-refractivity contribution in [3.8, 4) is 5.75 Å². The van der Waals surface area contributed by atoms with Crippen LogP contribution in [0.15, 0.2) is 24.3 Å². The number of hydrogen-bond donors (Lipinski definition) is 2. The molecule has 0 unspecified atom stereocenters. The number of amides is 1. The molecule has 1 aliphatic rings. The van der Waals surface area contributed by atoms with Gasteiger partial charge in [-0.1, -0.05) is 30.5 Å². The summed E-state index contributed by atoms with van der Waals surface area (Å²) in [4.78, 5) is 11.9. The van der Waals surface area contributed by atoms with Crippen molar-refractivity contribution in [3.05, 3.63) is 29.3 Å². The molecule has 1 aromatic rings. The number of halogens is 1. The third-order valence-electron chi connectivity index (χ3n) is 3.52. The Morgan fingerprint density at radius 2 is 2.16 bits per heavy atom. The number of ether oxygens (including phenoxy) is 1. The summed E-state index contributed by atoms with van der Waals surface area (Å²) >= 11 is 5.85. The standard InChI is InChI=1S/C14H19ClN2O2/c15-11-4-3-5-12(8-11)19-9-13(18)17-14(10-16)6-1-2-7-14/h3-5,8H,1-2,6-7,9-10,16H2,(H,17,18). The molecule has 0 aromatic heterocycles. The summed E-state index contributed by atoms with van der Waals surface area (Å²) in [6.07, 6.45) is 4.14. The SMILES string of the molecule is NCC1(NC(=O)COc2cccc(Cl)c2)CCCC1. The molecule has 104 valence electrons. The molecule has 0 bridgehead atoms. The second kappa shape index (κ2) is 6.26. The molecule has 1 amide bonds. The second-order valence-corrected chi connectivity index (χ2v) is 5.42. The Morgan fingerprint density at radius 3 is 2.79 bits per heavy atom. The number of hydrogen-bond acceptors (Lipinski definition) is 3. The highest BCUT2D eigenvalue weighted by Gasteiger charge is 2.33. The Labute approximate surface area is 118 Å². The predicted octanol–water partition coefficient (Wildman–Crippen LogP) is 2.11. The van der Waals surface area contributed by atoms with Crippen LogP contribution in [0.5, 0.6) is 5.75 Å². The van der Waals surface area contributed by atoms with Gasteiger partial charge in [0.25, 0.3) is 5.91 Å². The van der Waals surface area contributed by atoms with Gasteiger partial charge in [0.1, 0.15) is 5.75 Å². The molecule has 0 heterocycles. The summed E-state index contributed by atoms with van der Waals surface area (Å²) in [5.74, 6) is 0.461. The van der Waals surface area contributed by atoms with Crippen LogP contribution in [0.4, 0.5) is 0 Å². The molecule has 3 N–H and O–H groups in total. The van der Waals surface area contributed by atoms with E-state index >= 15 is 0 Å². The summed E-state index contributed by atoms with van der Waals surface area (Å²) < 4.78 is 5.41. The molecule has 0 saturated heterocycles. The first-order valence-electron chi connectivity index (χ1n) is 6.53. The molecule has 1 aromatic carbocycles. The van der Waals surface area contributed by atoms with E-state index in [9.17, 15) is 4.79 Å². The maximum absolute atomic E-state index is 11.9. The zero-order valence-corrected chi connectivity index (χ0v) is 11.6. The second-order valence-electron chi connectivity index (χ2n) is 4.99. The van der Waals surface area contributed by atoms with Crippen LogP contribution in [-0.4, -0.2) is 24.6 Å². The largest absolute Gasteiger partial charge is 0.484 e. The van der Waals surface area contributed by atoms with Gasteiger partial charge in [0.05, 0.1) is 5.54 Å². The topological polar surface area (TPSA) is 64.3 Å². The van der Waals surface area contributed by atoms with Crippen LogP contribution in [0.1, 0.15) is 25.7 Å². The van der Waals surface area contributed by atoms with E-state index in [0.29, 0.717) is 17.3 Å². The van der Waals surface area contributed by atoms with Crippen molar-refractivity contribution in [2.75, 3.05) is 13.2 Å². The number of carbonyl (C=O) groups is 1. The van der Waals surface area contributed by atoms with E-state index in [2.05, 4.69) is 5.32 Å². The zero-order valence-electron chi connectivity index (χ0n) is 10.8. The third-order valence-corrected chi connectivity index (χ3v) is 3.76. The molecule has 1 aliphatic carbocycles. The molecule has 4 nitrogen and oxygen atoms in total. The molecule has 0 atom stereocenters. The monoisotopic (exact) mass is 282 g/mol. The first-order valence-corrected chi connectivity index (χ1v) is 6.91. The van der Waals surface area contributed by atoms with Crippen molar-refractivity contribution in [2.45, 2.75) is 31.2 Å². The molecule has 0 radical (unpaired) electrons. The van der Waals surface area contributed by atoms with E-state index in [1.165, 1.54) is 0 Å². The van der Waals surface area contributed by atoms with Gasteiger partial charge >= 0.3 is 0 Å². The van der Waals surface area contributed by atoms with Crippen molar-refractivity contribution in [3.63, 3.8) is 0 Å². The van der Waals surface area contributed by atoms with Crippen molar-refractivity contribution >= 4 is 17.5 Å². The summed E-state index contributed by atoms with van der Waals surface area (Å²) in [5.41, 5.74) is 5.54. The van der Waals surface area contributed by atoms with Crippen molar-refractivity contribution in [2.24, 2.45) is 5.73 Å². The van der Waals surface area contributed by atoms with Crippen LogP contribution in [0.3, 0.4) is 0 Å². The van der Waals surface area contributed by atoms with E-state index in [1.54, 1.807) is 24.3 Å². The summed E-state index contributed by atoms with van der Waals surface area (Å²) in [7, 11) is 0. The number of carbonyl (C=O) groups excluding carboxylic acids is 1. The first kappa shape index (κ1) is 14.2. The Bertz CT molecular complexity index is 445. The normalized spacial score (nSPS) is 17.2. The van der Waals surface area contributed by atoms with Crippen LogP contribution in [0, 0.1) is 0 Å². The van der Waals surface area contributed by atoms with Gasteiger partial charge in [0.2, 0.25) is 0 Å². The fraction of sp³-hybridized carbons (Fsp3) is 0.500. The molecule has 0 spiro atoms. The zero-order chi connectivity index (χ0) is 13.7. The van der Waals surface area contributed by atoms with Crippen LogP contribution in [-0.2, 0) is 4.79 Å². The lowest BCUT2D eigenvalue weighted by Crippen LogP contribution is -2.52. The first-order chi connectivity index (χ1) is 9.13. The Hall–Kier alpha value is -1.26. The number of rotatable bonds is 5. The maximum Gasteiger partial charge on any atom is 0.258 e. The average Bonchev–Trinajstić information content (AvgIpc) is 2.86. The van der Waals surface area contributed by atoms with Crippen LogP contribution in [0.25, 0.3) is 0 Å². The molecule has 1 saturated carbocycles. The Kier molecular flexibility index (Phi) is 4.66. The lowest BCUT2D eigenvalue weighted by atomic mass is 9.98. The van der Waals surface area contributed by atoms with Crippen molar-refractivity contribution < 1.29 is 9.53 Å². The van der Waals surface area contributed by atoms with Crippen molar-refractivity contribution in [1.29, 1.82) is 0 Å². The van der Waals surface area contributed by atoms with E-state index in [1.807, 2.05) is 0 Å². The van der Waals surface area contributed by atoms with Gasteiger partial charge in [0.15, 0.2) is 6.61 Å². The summed E-state index contributed by atoms with van der Waals surface area (Å²) in [6, 6.07) is 7.00. The quantitative estimate of drug-likeness (QED) is 0.869. The molecular formula is C14H19ClN2O2. The maximum atomic E-state index is 11.9. The average molecular weight is 283 g/mol. The van der Waals surface area contributed by atoms with Gasteiger partial charge in [-0.05, 0) is 31.0 Å². The van der Waals surface area contributed by atoms with E-state index in [4.69, 9.17) is 22.1 Å². The summed E-state index contributed by atoms with van der Waals surface area (Å²) in [6.45, 7) is 0.470. The molecular weight excluding hydrogens is 264 g/mol. The Balaban J connectivity index is 1.84. The minimum atomic E-state index is -0.227. The van der Waals surface area contributed by atoms with Crippen LogP contribution >= 0.6 is 11.6 Å². The molecule has 0 aliphatic heterocycles. The van der Waals surface area contributed by atoms with E-state index in [0.717, 1.165) is 25.7 Å². The fourth-order valence-electron chi connectivity index (χ4n) is 2.47. The third kappa shape index (κ3) is 3.85. The lowest BCUT2D eigenvalue weighted by Gasteiger charge is -2.28. The molecule has 2 rings (SSSR count). The van der Waals surface area contributed by atoms with Crippen molar-refractivity contribution in [1.82, 2.24) is 5.32 Å². The minimum Gasteiger partial charge on any atom is -0.484 e. The smallest absolute Gasteiger partial charge is 0.258 e. The van der Waals surface area contributed by atoms with Gasteiger partial charge in [-0.25, -0.2) is 0 Å². The predicted molar refractivity (Wildman–Crippen MR) is 75.3 cm³/mol. The minimum absolute atomic E-state index is 0.0118. The van der Waals surface area contributed by atoms with Crippen LogP contribution < -0.4 is 15.8 Å².